The molecule has 2 aromatic rings. The molecule has 0 amide bonds. The Kier molecular flexibility index (Phi) is 11.7. The van der Waals surface area contributed by atoms with E-state index in [1.807, 2.05) is 24.4 Å². The van der Waals surface area contributed by atoms with Crippen molar-refractivity contribution in [3.05, 3.63) is 65.5 Å². The summed E-state index contributed by atoms with van der Waals surface area (Å²) in [6, 6.07) is 14.7. The minimum absolute atomic E-state index is 0. The van der Waals surface area contributed by atoms with Gasteiger partial charge in [-0.15, -0.1) is 24.0 Å². The van der Waals surface area contributed by atoms with Crippen LogP contribution in [0.25, 0.3) is 0 Å². The quantitative estimate of drug-likeness (QED) is 0.327. The van der Waals surface area contributed by atoms with E-state index >= 15 is 0 Å². The number of hydrogen-bond acceptors (Lipinski definition) is 3. The van der Waals surface area contributed by atoms with Crippen LogP contribution in [0, 0.1) is 0 Å². The van der Waals surface area contributed by atoms with Crippen LogP contribution in [0.2, 0.25) is 0 Å². The predicted octanol–water partition coefficient (Wildman–Crippen LogP) is 3.45. The standard InChI is InChI=1S/C21H31N5.HI/c1-4-22-21(24-14-12-20-11-6-7-13-23-20)25-16-18-9-8-10-19(15-18)17-26(3)5-2;/h6-11,13,15H,4-5,12,14,16-17H2,1-3H3,(H2,22,24,25);1H. The molecule has 0 aliphatic rings. The van der Waals surface area contributed by atoms with Crippen LogP contribution in [0.3, 0.4) is 0 Å². The van der Waals surface area contributed by atoms with Gasteiger partial charge < -0.3 is 15.5 Å². The van der Waals surface area contributed by atoms with Crippen LogP contribution in [0.5, 0.6) is 0 Å². The maximum Gasteiger partial charge on any atom is 0.191 e. The number of halogens is 1. The summed E-state index contributed by atoms with van der Waals surface area (Å²) in [5.41, 5.74) is 3.65. The van der Waals surface area contributed by atoms with Crippen molar-refractivity contribution in [2.45, 2.75) is 33.4 Å². The molecule has 2 N–H and O–H groups in total. The monoisotopic (exact) mass is 481 g/mol. The van der Waals surface area contributed by atoms with Crippen LogP contribution < -0.4 is 10.6 Å². The predicted molar refractivity (Wildman–Crippen MR) is 125 cm³/mol. The number of aromatic nitrogens is 1. The average Bonchev–Trinajstić information content (AvgIpc) is 2.67. The molecule has 6 heteroatoms. The molecule has 0 aliphatic carbocycles. The number of guanidine groups is 1. The molecule has 0 radical (unpaired) electrons. The van der Waals surface area contributed by atoms with Crippen molar-refractivity contribution in [1.29, 1.82) is 0 Å². The maximum absolute atomic E-state index is 4.72. The van der Waals surface area contributed by atoms with Gasteiger partial charge in [0.2, 0.25) is 0 Å². The summed E-state index contributed by atoms with van der Waals surface area (Å²) in [6.07, 6.45) is 2.71. The van der Waals surface area contributed by atoms with E-state index in [2.05, 4.69) is 65.7 Å². The van der Waals surface area contributed by atoms with E-state index in [0.717, 1.165) is 44.3 Å². The molecule has 148 valence electrons. The summed E-state index contributed by atoms with van der Waals surface area (Å²) >= 11 is 0. The van der Waals surface area contributed by atoms with Crippen molar-refractivity contribution in [2.24, 2.45) is 4.99 Å². The third kappa shape index (κ3) is 9.19. The van der Waals surface area contributed by atoms with Gasteiger partial charge in [-0.1, -0.05) is 37.3 Å². The molecule has 0 aliphatic heterocycles. The van der Waals surface area contributed by atoms with Crippen LogP contribution in [-0.4, -0.2) is 42.5 Å². The number of benzene rings is 1. The van der Waals surface area contributed by atoms with Gasteiger partial charge in [-0.2, -0.15) is 0 Å². The van der Waals surface area contributed by atoms with Crippen LogP contribution >= 0.6 is 24.0 Å². The van der Waals surface area contributed by atoms with Gasteiger partial charge in [0, 0.05) is 37.9 Å². The van der Waals surface area contributed by atoms with Crippen LogP contribution in [-0.2, 0) is 19.5 Å². The average molecular weight is 481 g/mol. The van der Waals surface area contributed by atoms with E-state index in [4.69, 9.17) is 4.99 Å². The first-order chi connectivity index (χ1) is 12.7. The Bertz CT molecular complexity index is 675. The Balaban J connectivity index is 0.00000364. The lowest BCUT2D eigenvalue weighted by Gasteiger charge is -2.14. The molecule has 0 spiro atoms. The first-order valence-electron chi connectivity index (χ1n) is 9.39. The van der Waals surface area contributed by atoms with E-state index in [-0.39, 0.29) is 24.0 Å². The summed E-state index contributed by atoms with van der Waals surface area (Å²) in [4.78, 5) is 11.4. The maximum atomic E-state index is 4.72. The zero-order valence-corrected chi connectivity index (χ0v) is 18.9. The molecule has 27 heavy (non-hydrogen) atoms. The number of hydrogen-bond donors (Lipinski definition) is 2. The Morgan fingerprint density at radius 3 is 2.59 bits per heavy atom. The van der Waals surface area contributed by atoms with E-state index in [9.17, 15) is 0 Å². The van der Waals surface area contributed by atoms with Gasteiger partial charge in [-0.3, -0.25) is 4.98 Å². The minimum atomic E-state index is 0. The zero-order chi connectivity index (χ0) is 18.6. The molecule has 0 fully saturated rings. The van der Waals surface area contributed by atoms with Gasteiger partial charge in [0.25, 0.3) is 0 Å². The molecule has 1 aromatic heterocycles. The highest BCUT2D eigenvalue weighted by Gasteiger charge is 2.01. The zero-order valence-electron chi connectivity index (χ0n) is 16.6. The van der Waals surface area contributed by atoms with Crippen LogP contribution in [0.4, 0.5) is 0 Å². The molecule has 0 bridgehead atoms. The van der Waals surface area contributed by atoms with E-state index in [1.165, 1.54) is 11.1 Å². The van der Waals surface area contributed by atoms with E-state index in [1.54, 1.807) is 0 Å². The second-order valence-electron chi connectivity index (χ2n) is 6.34. The summed E-state index contributed by atoms with van der Waals surface area (Å²) in [7, 11) is 2.14. The lowest BCUT2D eigenvalue weighted by Crippen LogP contribution is -2.38. The third-order valence-corrected chi connectivity index (χ3v) is 4.15. The van der Waals surface area contributed by atoms with E-state index < -0.39 is 0 Å². The number of aliphatic imine (C=N–C) groups is 1. The summed E-state index contributed by atoms with van der Waals surface area (Å²) < 4.78 is 0. The highest BCUT2D eigenvalue weighted by molar-refractivity contribution is 14.0. The second-order valence-corrected chi connectivity index (χ2v) is 6.34. The van der Waals surface area contributed by atoms with Gasteiger partial charge in [-0.05, 0) is 43.8 Å². The minimum Gasteiger partial charge on any atom is -0.357 e. The fourth-order valence-corrected chi connectivity index (χ4v) is 2.62. The molecule has 0 saturated heterocycles. The SMILES string of the molecule is CCNC(=NCc1cccc(CN(C)CC)c1)NCCc1ccccn1.I. The third-order valence-electron chi connectivity index (χ3n) is 4.15. The van der Waals surface area contributed by atoms with Crippen molar-refractivity contribution in [1.82, 2.24) is 20.5 Å². The largest absolute Gasteiger partial charge is 0.357 e. The Morgan fingerprint density at radius 1 is 1.07 bits per heavy atom. The molecule has 1 heterocycles. The molecule has 2 rings (SSSR count). The van der Waals surface area contributed by atoms with Gasteiger partial charge in [0.05, 0.1) is 6.54 Å². The van der Waals surface area contributed by atoms with Crippen LogP contribution in [0.1, 0.15) is 30.7 Å². The molecular weight excluding hydrogens is 449 g/mol. The number of nitrogens with zero attached hydrogens (tertiary/aromatic N) is 3. The van der Waals surface area contributed by atoms with Gasteiger partial charge >= 0.3 is 0 Å². The lowest BCUT2D eigenvalue weighted by molar-refractivity contribution is 0.345. The summed E-state index contributed by atoms with van der Waals surface area (Å²) in [5, 5.41) is 6.69. The molecule has 5 nitrogen and oxygen atoms in total. The Labute approximate surface area is 180 Å². The number of pyridine rings is 1. The molecule has 1 aromatic carbocycles. The molecule has 0 unspecified atom stereocenters. The van der Waals surface area contributed by atoms with Crippen molar-refractivity contribution < 1.29 is 0 Å². The molecule has 0 saturated carbocycles. The van der Waals surface area contributed by atoms with Gasteiger partial charge in [-0.25, -0.2) is 4.99 Å². The first kappa shape index (κ1) is 23.4. The Hall–Kier alpha value is -1.67. The van der Waals surface area contributed by atoms with Gasteiger partial charge in [0.1, 0.15) is 0 Å². The van der Waals surface area contributed by atoms with Crippen molar-refractivity contribution in [3.8, 4) is 0 Å². The van der Waals surface area contributed by atoms with E-state index in [0.29, 0.717) is 6.54 Å². The van der Waals surface area contributed by atoms with Crippen molar-refractivity contribution in [3.63, 3.8) is 0 Å². The van der Waals surface area contributed by atoms with Crippen molar-refractivity contribution in [2.75, 3.05) is 26.7 Å². The first-order valence-corrected chi connectivity index (χ1v) is 9.39. The van der Waals surface area contributed by atoms with Gasteiger partial charge in [0.15, 0.2) is 5.96 Å². The lowest BCUT2D eigenvalue weighted by atomic mass is 10.1. The normalized spacial score (nSPS) is 11.2. The highest BCUT2D eigenvalue weighted by atomic mass is 127. The fourth-order valence-electron chi connectivity index (χ4n) is 2.62. The molecular formula is C21H32IN5. The van der Waals surface area contributed by atoms with Crippen molar-refractivity contribution >= 4 is 29.9 Å². The molecule has 0 atom stereocenters. The fraction of sp³-hybridized carbons (Fsp3) is 0.429. The summed E-state index contributed by atoms with van der Waals surface area (Å²) in [5.74, 6) is 0.847. The summed E-state index contributed by atoms with van der Waals surface area (Å²) in [6.45, 7) is 8.59. The smallest absolute Gasteiger partial charge is 0.191 e. The second kappa shape index (κ2) is 13.5. The number of nitrogens with one attached hydrogen (secondary N) is 2. The topological polar surface area (TPSA) is 52.6 Å². The van der Waals surface area contributed by atoms with Crippen LogP contribution in [0.15, 0.2) is 53.7 Å². The number of rotatable bonds is 9. The highest BCUT2D eigenvalue weighted by Crippen LogP contribution is 2.08. The Morgan fingerprint density at radius 2 is 1.89 bits per heavy atom.